The van der Waals surface area contributed by atoms with E-state index in [1.165, 1.54) is 6.07 Å². The number of nitrogens with one attached hydrogen (secondary N) is 1. The smallest absolute Gasteiger partial charge is 0.422 e. The Morgan fingerprint density at radius 1 is 1.29 bits per heavy atom. The van der Waals surface area contributed by atoms with Crippen LogP contribution in [0, 0.1) is 0 Å². The molecule has 0 aromatic heterocycles. The van der Waals surface area contributed by atoms with Crippen LogP contribution in [-0.2, 0) is 11.3 Å². The summed E-state index contributed by atoms with van der Waals surface area (Å²) in [6.07, 6.45) is -2.04. The van der Waals surface area contributed by atoms with Crippen LogP contribution in [0.1, 0.15) is 32.3 Å². The number of benzene rings is 1. The Bertz CT molecular complexity index is 516. The molecule has 0 radical (unpaired) electrons. The van der Waals surface area contributed by atoms with E-state index >= 15 is 0 Å². The van der Waals surface area contributed by atoms with Crippen LogP contribution in [-0.4, -0.2) is 38.1 Å². The van der Waals surface area contributed by atoms with E-state index in [0.717, 1.165) is 25.0 Å². The fraction of sp³-hybridized carbons (Fsp3) is 0.647. The molecule has 0 amide bonds. The third kappa shape index (κ3) is 5.87. The van der Waals surface area contributed by atoms with Crippen LogP contribution in [0.2, 0.25) is 0 Å². The Morgan fingerprint density at radius 2 is 2.08 bits per heavy atom. The van der Waals surface area contributed by atoms with Crippen molar-refractivity contribution < 1.29 is 27.4 Å². The summed E-state index contributed by atoms with van der Waals surface area (Å²) in [4.78, 5) is 0. The first kappa shape index (κ1) is 18.9. The summed E-state index contributed by atoms with van der Waals surface area (Å²) in [6, 6.07) is 5.18. The highest BCUT2D eigenvalue weighted by molar-refractivity contribution is 5.43. The maximum absolute atomic E-state index is 12.3. The fourth-order valence-corrected chi connectivity index (χ4v) is 2.62. The zero-order valence-electron chi connectivity index (χ0n) is 14.0. The van der Waals surface area contributed by atoms with Crippen LogP contribution < -0.4 is 14.8 Å². The number of rotatable bonds is 8. The predicted octanol–water partition coefficient (Wildman–Crippen LogP) is 3.68. The maximum Gasteiger partial charge on any atom is 0.422 e. The van der Waals surface area contributed by atoms with E-state index in [4.69, 9.17) is 14.2 Å². The van der Waals surface area contributed by atoms with Gasteiger partial charge in [0.1, 0.15) is 0 Å². The van der Waals surface area contributed by atoms with Gasteiger partial charge in [0.05, 0.1) is 12.7 Å². The molecule has 1 N–H and O–H groups in total. The lowest BCUT2D eigenvalue weighted by molar-refractivity contribution is -0.153. The van der Waals surface area contributed by atoms with Gasteiger partial charge in [0.15, 0.2) is 18.1 Å². The zero-order valence-corrected chi connectivity index (χ0v) is 14.0. The van der Waals surface area contributed by atoms with Crippen molar-refractivity contribution in [3.05, 3.63) is 23.8 Å². The van der Waals surface area contributed by atoms with Gasteiger partial charge in [0, 0.05) is 19.2 Å². The largest absolute Gasteiger partial charge is 0.490 e. The first-order valence-corrected chi connectivity index (χ1v) is 8.19. The minimum absolute atomic E-state index is 0.102. The van der Waals surface area contributed by atoms with Crippen molar-refractivity contribution in [3.63, 3.8) is 0 Å². The van der Waals surface area contributed by atoms with Crippen LogP contribution in [0.25, 0.3) is 0 Å². The summed E-state index contributed by atoms with van der Waals surface area (Å²) in [5, 5.41) is 3.38. The summed E-state index contributed by atoms with van der Waals surface area (Å²) >= 11 is 0. The van der Waals surface area contributed by atoms with Crippen LogP contribution in [0.3, 0.4) is 0 Å². The second kappa shape index (κ2) is 8.58. The third-order valence-electron chi connectivity index (χ3n) is 3.85. The third-order valence-corrected chi connectivity index (χ3v) is 3.85. The normalized spacial score (nSPS) is 19.3. The summed E-state index contributed by atoms with van der Waals surface area (Å²) in [5.41, 5.74) is 0.919. The van der Waals surface area contributed by atoms with Crippen molar-refractivity contribution in [3.8, 4) is 11.5 Å². The van der Waals surface area contributed by atoms with Crippen LogP contribution >= 0.6 is 0 Å². The standard InChI is InChI=1S/C17H24F3NO3/c1-3-22-16-9-13(6-7-15(16)24-11-17(18,19)20)10-21-12(2)14-5-4-8-23-14/h6-7,9,12,14,21H,3-5,8,10-11H2,1-2H3. The highest BCUT2D eigenvalue weighted by Gasteiger charge is 2.29. The minimum atomic E-state index is -4.37. The SMILES string of the molecule is CCOc1cc(CNC(C)C2CCCO2)ccc1OCC(F)(F)F. The first-order chi connectivity index (χ1) is 11.4. The van der Waals surface area contributed by atoms with Gasteiger partial charge in [-0.15, -0.1) is 0 Å². The zero-order chi connectivity index (χ0) is 17.6. The van der Waals surface area contributed by atoms with Gasteiger partial charge in [-0.25, -0.2) is 0 Å². The molecule has 1 aromatic carbocycles. The molecule has 1 aliphatic rings. The summed E-state index contributed by atoms with van der Waals surface area (Å²) in [6.45, 7) is 4.25. The molecular weight excluding hydrogens is 323 g/mol. The quantitative estimate of drug-likeness (QED) is 0.779. The van der Waals surface area contributed by atoms with Gasteiger partial charge in [-0.05, 0) is 44.4 Å². The predicted molar refractivity (Wildman–Crippen MR) is 84.4 cm³/mol. The molecule has 4 nitrogen and oxygen atoms in total. The Labute approximate surface area is 140 Å². The Hall–Kier alpha value is -1.47. The summed E-state index contributed by atoms with van der Waals surface area (Å²) in [5.74, 6) is 0.427. The van der Waals surface area contributed by atoms with Crippen LogP contribution in [0.15, 0.2) is 18.2 Å². The van der Waals surface area contributed by atoms with E-state index in [2.05, 4.69) is 12.2 Å². The van der Waals surface area contributed by atoms with E-state index < -0.39 is 12.8 Å². The van der Waals surface area contributed by atoms with Gasteiger partial charge in [-0.3, -0.25) is 0 Å². The summed E-state index contributed by atoms with van der Waals surface area (Å²) < 4.78 is 52.8. The van der Waals surface area contributed by atoms with Gasteiger partial charge in [-0.1, -0.05) is 6.07 Å². The molecule has 7 heteroatoms. The second-order valence-corrected chi connectivity index (χ2v) is 5.84. The molecule has 0 spiro atoms. The Kier molecular flexibility index (Phi) is 6.74. The van der Waals surface area contributed by atoms with Crippen molar-refractivity contribution >= 4 is 0 Å². The highest BCUT2D eigenvalue weighted by Crippen LogP contribution is 2.30. The van der Waals surface area contributed by atoms with Crippen molar-refractivity contribution in [2.24, 2.45) is 0 Å². The highest BCUT2D eigenvalue weighted by atomic mass is 19.4. The van der Waals surface area contributed by atoms with Gasteiger partial charge in [0.25, 0.3) is 0 Å². The van der Waals surface area contributed by atoms with Crippen LogP contribution in [0.5, 0.6) is 11.5 Å². The minimum Gasteiger partial charge on any atom is -0.490 e. The Balaban J connectivity index is 1.96. The van der Waals surface area contributed by atoms with E-state index in [0.29, 0.717) is 18.9 Å². The van der Waals surface area contributed by atoms with Gasteiger partial charge in [0.2, 0.25) is 0 Å². The molecule has 1 aliphatic heterocycles. The first-order valence-electron chi connectivity index (χ1n) is 8.19. The number of hydrogen-bond donors (Lipinski definition) is 1. The Morgan fingerprint density at radius 3 is 2.71 bits per heavy atom. The van der Waals surface area contributed by atoms with Crippen molar-refractivity contribution in [2.75, 3.05) is 19.8 Å². The van der Waals surface area contributed by atoms with E-state index in [1.54, 1.807) is 19.1 Å². The monoisotopic (exact) mass is 347 g/mol. The molecule has 0 aliphatic carbocycles. The molecular formula is C17H24F3NO3. The average Bonchev–Trinajstić information content (AvgIpc) is 3.05. The number of alkyl halides is 3. The lowest BCUT2D eigenvalue weighted by Gasteiger charge is -2.20. The van der Waals surface area contributed by atoms with Crippen molar-refractivity contribution in [1.29, 1.82) is 0 Å². The second-order valence-electron chi connectivity index (χ2n) is 5.84. The molecule has 136 valence electrons. The lowest BCUT2D eigenvalue weighted by atomic mass is 10.1. The molecule has 2 atom stereocenters. The van der Waals surface area contributed by atoms with Gasteiger partial charge >= 0.3 is 6.18 Å². The molecule has 2 unspecified atom stereocenters. The topological polar surface area (TPSA) is 39.7 Å². The molecule has 24 heavy (non-hydrogen) atoms. The summed E-state index contributed by atoms with van der Waals surface area (Å²) in [7, 11) is 0. The number of hydrogen-bond acceptors (Lipinski definition) is 4. The van der Waals surface area contributed by atoms with E-state index in [1.807, 2.05) is 0 Å². The van der Waals surface area contributed by atoms with Crippen molar-refractivity contribution in [2.45, 2.75) is 51.6 Å². The van der Waals surface area contributed by atoms with Gasteiger partial charge < -0.3 is 19.5 Å². The number of ether oxygens (including phenoxy) is 3. The molecule has 1 aromatic rings. The molecule has 1 heterocycles. The average molecular weight is 347 g/mol. The molecule has 1 saturated heterocycles. The molecule has 2 rings (SSSR count). The maximum atomic E-state index is 12.3. The van der Waals surface area contributed by atoms with E-state index in [9.17, 15) is 13.2 Å². The van der Waals surface area contributed by atoms with Crippen LogP contribution in [0.4, 0.5) is 13.2 Å². The number of halogens is 3. The van der Waals surface area contributed by atoms with Gasteiger partial charge in [-0.2, -0.15) is 13.2 Å². The molecule has 0 bridgehead atoms. The lowest BCUT2D eigenvalue weighted by Crippen LogP contribution is -2.36. The molecule has 0 saturated carbocycles. The van der Waals surface area contributed by atoms with Crippen molar-refractivity contribution in [1.82, 2.24) is 5.32 Å². The van der Waals surface area contributed by atoms with E-state index in [-0.39, 0.29) is 17.9 Å². The fourth-order valence-electron chi connectivity index (χ4n) is 2.62. The molecule has 1 fully saturated rings.